The third-order valence-corrected chi connectivity index (χ3v) is 8.34. The van der Waals surface area contributed by atoms with Gasteiger partial charge in [0.2, 0.25) is 0 Å². The molecule has 0 radical (unpaired) electrons. The molecule has 2 saturated heterocycles. The van der Waals surface area contributed by atoms with Crippen molar-refractivity contribution in [3.05, 3.63) is 95.1 Å². The van der Waals surface area contributed by atoms with Gasteiger partial charge in [-0.15, -0.1) is 0 Å². The predicted octanol–water partition coefficient (Wildman–Crippen LogP) is 6.43. The van der Waals surface area contributed by atoms with Crippen molar-refractivity contribution in [1.82, 2.24) is 9.80 Å². The van der Waals surface area contributed by atoms with Gasteiger partial charge in [-0.2, -0.15) is 0 Å². The maximum Gasteiger partial charge on any atom is 0.122 e. The van der Waals surface area contributed by atoms with Crippen LogP contribution in [0.2, 0.25) is 0 Å². The number of nitrogens with zero attached hydrogens (tertiary/aromatic N) is 2. The minimum Gasteiger partial charge on any atom is -0.492 e. The highest BCUT2D eigenvalue weighted by molar-refractivity contribution is 5.98. The van der Waals surface area contributed by atoms with E-state index in [1.165, 1.54) is 33.4 Å². The van der Waals surface area contributed by atoms with E-state index in [4.69, 9.17) is 18.9 Å². The maximum absolute atomic E-state index is 6.38. The molecule has 0 aliphatic carbocycles. The van der Waals surface area contributed by atoms with Gasteiger partial charge in [0.1, 0.15) is 24.7 Å². The Balaban J connectivity index is 1.38. The molecule has 43 heavy (non-hydrogen) atoms. The van der Waals surface area contributed by atoms with Crippen LogP contribution in [0.1, 0.15) is 48.9 Å². The van der Waals surface area contributed by atoms with Gasteiger partial charge in [-0.1, -0.05) is 68.8 Å². The highest BCUT2D eigenvalue weighted by Gasteiger charge is 2.17. The number of hydrogen-bond donors (Lipinski definition) is 0. The van der Waals surface area contributed by atoms with Gasteiger partial charge >= 0.3 is 0 Å². The number of ether oxygens (including phenoxy) is 4. The van der Waals surface area contributed by atoms with E-state index in [9.17, 15) is 0 Å². The van der Waals surface area contributed by atoms with Crippen LogP contribution in [-0.2, 0) is 15.9 Å². The standard InChI is InChI=1S/C37H48N2O4/c1-3-8-32-29-33(13-16-36(32)43-28-22-39-19-25-41-26-20-39)37(35(4-2)30-9-6-5-7-10-30)31-11-14-34(15-12-31)42-27-21-38-17-23-40-24-18-38/h5-7,9-16,29H,3-4,8,17-28H2,1-2H3. The van der Waals surface area contributed by atoms with Crippen molar-refractivity contribution in [2.45, 2.75) is 33.1 Å². The van der Waals surface area contributed by atoms with Gasteiger partial charge in [-0.3, -0.25) is 9.80 Å². The first kappa shape index (κ1) is 31.3. The van der Waals surface area contributed by atoms with Crippen LogP contribution in [0.5, 0.6) is 11.5 Å². The van der Waals surface area contributed by atoms with Crippen LogP contribution >= 0.6 is 0 Å². The van der Waals surface area contributed by atoms with Crippen molar-refractivity contribution in [3.8, 4) is 11.5 Å². The second kappa shape index (κ2) is 16.6. The molecule has 0 atom stereocenters. The number of allylic oxidation sites excluding steroid dienone is 1. The Kier molecular flexibility index (Phi) is 12.1. The van der Waals surface area contributed by atoms with Gasteiger partial charge < -0.3 is 18.9 Å². The first-order chi connectivity index (χ1) is 21.2. The molecule has 2 aliphatic rings. The molecule has 0 spiro atoms. The molecule has 0 unspecified atom stereocenters. The number of morpholine rings is 2. The zero-order chi connectivity index (χ0) is 29.7. The van der Waals surface area contributed by atoms with Crippen molar-refractivity contribution in [3.63, 3.8) is 0 Å². The molecule has 6 nitrogen and oxygen atoms in total. The van der Waals surface area contributed by atoms with E-state index in [0.717, 1.165) is 96.5 Å². The Morgan fingerprint density at radius 2 is 1.28 bits per heavy atom. The Labute approximate surface area is 258 Å². The lowest BCUT2D eigenvalue weighted by atomic mass is 9.87. The summed E-state index contributed by atoms with van der Waals surface area (Å²) in [4.78, 5) is 4.82. The summed E-state index contributed by atoms with van der Waals surface area (Å²) in [6.45, 7) is 14.9. The molecule has 2 aliphatic heterocycles. The number of hydrogen-bond acceptors (Lipinski definition) is 6. The van der Waals surface area contributed by atoms with Gasteiger partial charge in [0.25, 0.3) is 0 Å². The van der Waals surface area contributed by atoms with Crippen molar-refractivity contribution in [2.24, 2.45) is 0 Å². The van der Waals surface area contributed by atoms with Crippen LogP contribution in [0, 0.1) is 0 Å². The summed E-state index contributed by atoms with van der Waals surface area (Å²) in [6.07, 6.45) is 2.98. The van der Waals surface area contributed by atoms with Crippen molar-refractivity contribution < 1.29 is 18.9 Å². The molecule has 230 valence electrons. The lowest BCUT2D eigenvalue weighted by molar-refractivity contribution is 0.0321. The van der Waals surface area contributed by atoms with Crippen LogP contribution in [-0.4, -0.2) is 88.7 Å². The second-order valence-corrected chi connectivity index (χ2v) is 11.3. The van der Waals surface area contributed by atoms with Crippen LogP contribution in [0.15, 0.2) is 72.8 Å². The molecule has 3 aromatic rings. The first-order valence-electron chi connectivity index (χ1n) is 16.1. The Morgan fingerprint density at radius 1 is 0.674 bits per heavy atom. The minimum atomic E-state index is 0.680. The normalized spacial score (nSPS) is 17.0. The first-order valence-corrected chi connectivity index (χ1v) is 16.1. The predicted molar refractivity (Wildman–Crippen MR) is 175 cm³/mol. The van der Waals surface area contributed by atoms with Gasteiger partial charge in [0.05, 0.1) is 26.4 Å². The van der Waals surface area contributed by atoms with Crippen LogP contribution in [0.3, 0.4) is 0 Å². The molecule has 6 heteroatoms. The van der Waals surface area contributed by atoms with Crippen LogP contribution in [0.25, 0.3) is 11.1 Å². The lowest BCUT2D eigenvalue weighted by Crippen LogP contribution is -2.38. The van der Waals surface area contributed by atoms with E-state index in [0.29, 0.717) is 13.2 Å². The number of rotatable bonds is 14. The highest BCUT2D eigenvalue weighted by Crippen LogP contribution is 2.37. The van der Waals surface area contributed by atoms with Gasteiger partial charge in [0, 0.05) is 39.3 Å². The summed E-state index contributed by atoms with van der Waals surface area (Å²) >= 11 is 0. The third kappa shape index (κ3) is 8.93. The molecule has 0 N–H and O–H groups in total. The molecular weight excluding hydrogens is 536 g/mol. The summed E-state index contributed by atoms with van der Waals surface area (Å²) < 4.78 is 23.5. The van der Waals surface area contributed by atoms with E-state index in [2.05, 4.69) is 96.4 Å². The van der Waals surface area contributed by atoms with E-state index >= 15 is 0 Å². The Hall–Kier alpha value is -3.16. The van der Waals surface area contributed by atoms with E-state index < -0.39 is 0 Å². The summed E-state index contributed by atoms with van der Waals surface area (Å²) in [7, 11) is 0. The topological polar surface area (TPSA) is 43.4 Å². The SMILES string of the molecule is CCCc1cc(C(=C(CC)c2ccccc2)c2ccc(OCCN3CCOCC3)cc2)ccc1OCCN1CCOCC1. The molecular formula is C37H48N2O4. The summed E-state index contributed by atoms with van der Waals surface area (Å²) in [5, 5.41) is 0. The molecule has 3 aromatic carbocycles. The maximum atomic E-state index is 6.38. The Morgan fingerprint density at radius 3 is 1.88 bits per heavy atom. The van der Waals surface area contributed by atoms with E-state index in [1.54, 1.807) is 0 Å². The molecule has 2 heterocycles. The smallest absolute Gasteiger partial charge is 0.122 e. The van der Waals surface area contributed by atoms with Gasteiger partial charge in [-0.05, 0) is 70.5 Å². The van der Waals surface area contributed by atoms with Crippen molar-refractivity contribution >= 4 is 11.1 Å². The molecule has 0 bridgehead atoms. The fourth-order valence-electron chi connectivity index (χ4n) is 5.96. The zero-order valence-corrected chi connectivity index (χ0v) is 26.1. The van der Waals surface area contributed by atoms with Gasteiger partial charge in [0.15, 0.2) is 0 Å². The monoisotopic (exact) mass is 584 g/mol. The number of benzene rings is 3. The van der Waals surface area contributed by atoms with Crippen LogP contribution < -0.4 is 9.47 Å². The molecule has 2 fully saturated rings. The summed E-state index contributed by atoms with van der Waals surface area (Å²) in [6, 6.07) is 26.2. The van der Waals surface area contributed by atoms with Crippen molar-refractivity contribution in [2.75, 3.05) is 78.9 Å². The summed E-state index contributed by atoms with van der Waals surface area (Å²) in [5.41, 5.74) is 7.56. The quantitative estimate of drug-likeness (QED) is 0.204. The largest absolute Gasteiger partial charge is 0.492 e. The average molecular weight is 585 g/mol. The average Bonchev–Trinajstić information content (AvgIpc) is 3.06. The fraction of sp³-hybridized carbons (Fsp3) is 0.459. The van der Waals surface area contributed by atoms with Gasteiger partial charge in [-0.25, -0.2) is 0 Å². The molecule has 5 rings (SSSR count). The molecule has 0 saturated carbocycles. The Bertz CT molecular complexity index is 1280. The van der Waals surface area contributed by atoms with Crippen LogP contribution in [0.4, 0.5) is 0 Å². The zero-order valence-electron chi connectivity index (χ0n) is 26.1. The lowest BCUT2D eigenvalue weighted by Gasteiger charge is -2.26. The second-order valence-electron chi connectivity index (χ2n) is 11.3. The molecule has 0 amide bonds. The summed E-state index contributed by atoms with van der Waals surface area (Å²) in [5.74, 6) is 1.91. The van der Waals surface area contributed by atoms with Crippen molar-refractivity contribution in [1.29, 1.82) is 0 Å². The third-order valence-electron chi connectivity index (χ3n) is 8.34. The fourth-order valence-corrected chi connectivity index (χ4v) is 5.96. The highest BCUT2D eigenvalue weighted by atomic mass is 16.5. The minimum absolute atomic E-state index is 0.680. The van der Waals surface area contributed by atoms with E-state index in [1.807, 2.05) is 0 Å². The number of aryl methyl sites for hydroxylation is 1. The van der Waals surface area contributed by atoms with E-state index in [-0.39, 0.29) is 0 Å². The molecule has 0 aromatic heterocycles.